The number of hydrogen-bond donors (Lipinski definition) is 1. The number of allylic oxidation sites excluding steroid dienone is 2. The number of carbonyl (C=O) groups excluding carboxylic acids is 2. The number of rotatable bonds is 2. The van der Waals surface area contributed by atoms with E-state index >= 15 is 0 Å². The molecule has 37 heavy (non-hydrogen) atoms. The number of esters is 1. The third kappa shape index (κ3) is 3.43. The van der Waals surface area contributed by atoms with Gasteiger partial charge >= 0.3 is 11.9 Å². The number of carboxylic acids is 1. The molecule has 5 aliphatic rings. The van der Waals surface area contributed by atoms with E-state index in [0.29, 0.717) is 18.8 Å². The number of ether oxygens (including phenoxy) is 1. The highest BCUT2D eigenvalue weighted by molar-refractivity contribution is 5.95. The maximum absolute atomic E-state index is 14.4. The van der Waals surface area contributed by atoms with Gasteiger partial charge in [0.15, 0.2) is 5.78 Å². The Labute approximate surface area is 223 Å². The highest BCUT2D eigenvalue weighted by Crippen LogP contribution is 2.75. The van der Waals surface area contributed by atoms with Crippen molar-refractivity contribution in [3.8, 4) is 0 Å². The van der Waals surface area contributed by atoms with Gasteiger partial charge in [-0.3, -0.25) is 14.4 Å². The second kappa shape index (κ2) is 7.94. The monoisotopic (exact) mass is 512 g/mol. The Morgan fingerprint density at radius 2 is 1.57 bits per heavy atom. The summed E-state index contributed by atoms with van der Waals surface area (Å²) >= 11 is 0. The quantitative estimate of drug-likeness (QED) is 0.404. The molecule has 206 valence electrons. The molecule has 0 spiro atoms. The van der Waals surface area contributed by atoms with Crippen molar-refractivity contribution in [2.75, 3.05) is 0 Å². The van der Waals surface area contributed by atoms with Crippen LogP contribution in [-0.2, 0) is 19.1 Å². The fourth-order valence-electron chi connectivity index (χ4n) is 10.8. The zero-order valence-electron chi connectivity index (χ0n) is 24.3. The van der Waals surface area contributed by atoms with Crippen LogP contribution >= 0.6 is 0 Å². The molecule has 5 nitrogen and oxygen atoms in total. The minimum Gasteiger partial charge on any atom is -0.481 e. The van der Waals surface area contributed by atoms with Gasteiger partial charge in [-0.15, -0.1) is 0 Å². The smallest absolute Gasteiger partial charge is 0.309 e. The predicted molar refractivity (Wildman–Crippen MR) is 143 cm³/mol. The standard InChI is InChI=1S/C32H48O5/c1-19(33)37-24-10-11-30(6)23(27(24,2)3)9-12-32(8)25(30)22(34)17-20-21-18-29(5,26(35)36)14-13-28(21,4)15-16-31(20,32)7/h17,21,23-25H,9-16,18H2,1-8H3,(H,35,36)/t21-,23?,24-,25+,28+,29?,30-,31+,32+/m0/s1. The van der Waals surface area contributed by atoms with Crippen LogP contribution in [0.15, 0.2) is 11.6 Å². The fourth-order valence-corrected chi connectivity index (χ4v) is 10.8. The summed E-state index contributed by atoms with van der Waals surface area (Å²) in [6.45, 7) is 17.4. The van der Waals surface area contributed by atoms with Crippen LogP contribution in [0.25, 0.3) is 0 Å². The molecule has 5 heteroatoms. The summed E-state index contributed by atoms with van der Waals surface area (Å²) in [5, 5.41) is 10.1. The zero-order valence-corrected chi connectivity index (χ0v) is 24.3. The van der Waals surface area contributed by atoms with Crippen molar-refractivity contribution in [1.29, 1.82) is 0 Å². The first kappa shape index (κ1) is 26.9. The molecule has 0 saturated heterocycles. The van der Waals surface area contributed by atoms with E-state index in [1.807, 2.05) is 13.0 Å². The first-order valence-corrected chi connectivity index (χ1v) is 14.6. The Hall–Kier alpha value is -1.65. The van der Waals surface area contributed by atoms with E-state index in [4.69, 9.17) is 4.74 Å². The van der Waals surface area contributed by atoms with Gasteiger partial charge in [0.25, 0.3) is 0 Å². The Morgan fingerprint density at radius 1 is 0.919 bits per heavy atom. The molecule has 9 atom stereocenters. The van der Waals surface area contributed by atoms with E-state index in [1.54, 1.807) is 0 Å². The highest BCUT2D eigenvalue weighted by Gasteiger charge is 2.70. The normalized spacial score (nSPS) is 50.5. The fraction of sp³-hybridized carbons (Fsp3) is 0.844. The second-order valence-corrected chi connectivity index (χ2v) is 15.5. The Kier molecular flexibility index (Phi) is 5.78. The molecular weight excluding hydrogens is 464 g/mol. The number of ketones is 1. The molecule has 0 aromatic carbocycles. The maximum Gasteiger partial charge on any atom is 0.309 e. The van der Waals surface area contributed by atoms with Crippen molar-refractivity contribution in [1.82, 2.24) is 0 Å². The molecule has 4 saturated carbocycles. The van der Waals surface area contributed by atoms with Gasteiger partial charge in [0.1, 0.15) is 6.10 Å². The van der Waals surface area contributed by atoms with Crippen molar-refractivity contribution in [2.45, 2.75) is 119 Å². The molecule has 5 aliphatic carbocycles. The third-order valence-corrected chi connectivity index (χ3v) is 13.3. The summed E-state index contributed by atoms with van der Waals surface area (Å²) in [5.41, 5.74) is -0.0327. The van der Waals surface area contributed by atoms with Crippen molar-refractivity contribution in [3.05, 3.63) is 11.6 Å². The van der Waals surface area contributed by atoms with Crippen molar-refractivity contribution >= 4 is 17.7 Å². The average Bonchev–Trinajstić information content (AvgIpc) is 2.78. The number of carbonyl (C=O) groups is 3. The Bertz CT molecular complexity index is 1070. The largest absolute Gasteiger partial charge is 0.481 e. The minimum absolute atomic E-state index is 0.0644. The predicted octanol–water partition coefficient (Wildman–Crippen LogP) is 6.98. The summed E-state index contributed by atoms with van der Waals surface area (Å²) in [6.07, 6.45) is 10.0. The SMILES string of the molecule is CC(=O)O[C@H]1CC[C@@]2(C)C(CC[C@]3(C)[C@@H]2C(=O)C=C2[C@@H]4CC(C)(C(=O)O)CC[C@]4(C)CC[C@]23C)C1(C)C. The van der Waals surface area contributed by atoms with E-state index in [9.17, 15) is 19.5 Å². The van der Waals surface area contributed by atoms with Crippen LogP contribution < -0.4 is 0 Å². The van der Waals surface area contributed by atoms with Gasteiger partial charge in [-0.05, 0) is 104 Å². The maximum atomic E-state index is 14.4. The molecule has 2 unspecified atom stereocenters. The lowest BCUT2D eigenvalue weighted by Gasteiger charge is -2.70. The molecule has 0 heterocycles. The summed E-state index contributed by atoms with van der Waals surface area (Å²) in [5.74, 6) is -0.280. The molecule has 0 bridgehead atoms. The molecular formula is C32H48O5. The number of carboxylic acid groups (broad SMARTS) is 1. The molecule has 1 N–H and O–H groups in total. The molecule has 0 aliphatic heterocycles. The number of fused-ring (bicyclic) bond motifs is 7. The average molecular weight is 513 g/mol. The van der Waals surface area contributed by atoms with Crippen LogP contribution in [-0.4, -0.2) is 28.9 Å². The topological polar surface area (TPSA) is 80.7 Å². The molecule has 4 fully saturated rings. The second-order valence-electron chi connectivity index (χ2n) is 15.5. The first-order chi connectivity index (χ1) is 16.9. The lowest BCUT2D eigenvalue weighted by atomic mass is 9.33. The van der Waals surface area contributed by atoms with Gasteiger partial charge in [-0.1, -0.05) is 47.1 Å². The van der Waals surface area contributed by atoms with Crippen LogP contribution in [0, 0.1) is 50.2 Å². The minimum atomic E-state index is -0.729. The molecule has 0 amide bonds. The highest BCUT2D eigenvalue weighted by atomic mass is 16.5. The van der Waals surface area contributed by atoms with E-state index in [2.05, 4.69) is 41.5 Å². The molecule has 5 rings (SSSR count). The summed E-state index contributed by atoms with van der Waals surface area (Å²) in [4.78, 5) is 38.5. The number of hydrogen-bond acceptors (Lipinski definition) is 4. The summed E-state index contributed by atoms with van der Waals surface area (Å²) in [6, 6.07) is 0. The van der Waals surface area contributed by atoms with Crippen molar-refractivity contribution < 1.29 is 24.2 Å². The van der Waals surface area contributed by atoms with Gasteiger partial charge in [0.05, 0.1) is 5.41 Å². The lowest BCUT2D eigenvalue weighted by Crippen LogP contribution is -2.66. The van der Waals surface area contributed by atoms with Gasteiger partial charge in [-0.25, -0.2) is 0 Å². The van der Waals surface area contributed by atoms with Crippen LogP contribution in [0.3, 0.4) is 0 Å². The van der Waals surface area contributed by atoms with Crippen LogP contribution in [0.5, 0.6) is 0 Å². The van der Waals surface area contributed by atoms with E-state index in [1.165, 1.54) is 12.5 Å². The van der Waals surface area contributed by atoms with Gasteiger partial charge in [0.2, 0.25) is 0 Å². The third-order valence-electron chi connectivity index (χ3n) is 13.3. The van der Waals surface area contributed by atoms with Crippen LogP contribution in [0.4, 0.5) is 0 Å². The van der Waals surface area contributed by atoms with Crippen LogP contribution in [0.1, 0.15) is 113 Å². The van der Waals surface area contributed by atoms with E-state index < -0.39 is 11.4 Å². The molecule has 0 radical (unpaired) electrons. The van der Waals surface area contributed by atoms with E-state index in [0.717, 1.165) is 44.9 Å². The van der Waals surface area contributed by atoms with Crippen molar-refractivity contribution in [3.63, 3.8) is 0 Å². The Balaban J connectivity index is 1.58. The van der Waals surface area contributed by atoms with Gasteiger partial charge in [0, 0.05) is 18.3 Å². The number of aliphatic carboxylic acids is 1. The lowest BCUT2D eigenvalue weighted by molar-refractivity contribution is -0.210. The molecule has 0 aromatic rings. The van der Waals surface area contributed by atoms with Crippen LogP contribution in [0.2, 0.25) is 0 Å². The van der Waals surface area contributed by atoms with Gasteiger partial charge in [-0.2, -0.15) is 0 Å². The Morgan fingerprint density at radius 3 is 2.19 bits per heavy atom. The first-order valence-electron chi connectivity index (χ1n) is 14.6. The van der Waals surface area contributed by atoms with Crippen molar-refractivity contribution in [2.24, 2.45) is 50.2 Å². The molecule has 0 aromatic heterocycles. The summed E-state index contributed by atoms with van der Waals surface area (Å²) < 4.78 is 5.82. The van der Waals surface area contributed by atoms with Gasteiger partial charge < -0.3 is 9.84 Å². The summed E-state index contributed by atoms with van der Waals surface area (Å²) in [7, 11) is 0. The zero-order chi connectivity index (χ0) is 27.4. The van der Waals surface area contributed by atoms with E-state index in [-0.39, 0.29) is 56.8 Å².